The molecule has 1 N–H and O–H groups in total. The highest BCUT2D eigenvalue weighted by molar-refractivity contribution is 6.34. The zero-order chi connectivity index (χ0) is 13.1. The van der Waals surface area contributed by atoms with Crippen LogP contribution < -0.4 is 5.32 Å². The molecule has 0 heterocycles. The van der Waals surface area contributed by atoms with Gasteiger partial charge in [0.15, 0.2) is 0 Å². The van der Waals surface area contributed by atoms with Gasteiger partial charge in [-0.05, 0) is 42.4 Å². The van der Waals surface area contributed by atoms with Crippen LogP contribution in [0.25, 0.3) is 0 Å². The molecule has 0 saturated carbocycles. The van der Waals surface area contributed by atoms with Crippen molar-refractivity contribution in [3.63, 3.8) is 0 Å². The minimum atomic E-state index is -0.0788. The molecule has 0 spiro atoms. The van der Waals surface area contributed by atoms with Crippen molar-refractivity contribution < 1.29 is 0 Å². The quantitative estimate of drug-likeness (QED) is 0.845. The van der Waals surface area contributed by atoms with Gasteiger partial charge in [0.25, 0.3) is 0 Å². The fraction of sp³-hybridized carbons (Fsp3) is 0.143. The van der Waals surface area contributed by atoms with E-state index >= 15 is 0 Å². The largest absolute Gasteiger partial charge is 0.309 e. The maximum Gasteiger partial charge on any atom is 0.0604 e. The number of hydrogen-bond donors (Lipinski definition) is 1. The molecular weight excluding hydrogens is 289 g/mol. The highest BCUT2D eigenvalue weighted by Crippen LogP contribution is 2.33. The predicted molar refractivity (Wildman–Crippen MR) is 78.8 cm³/mol. The summed E-state index contributed by atoms with van der Waals surface area (Å²) in [5, 5.41) is 5.24. The van der Waals surface area contributed by atoms with E-state index in [2.05, 4.69) is 5.32 Å². The third-order valence-electron chi connectivity index (χ3n) is 2.77. The van der Waals surface area contributed by atoms with Crippen LogP contribution in [-0.2, 0) is 0 Å². The zero-order valence-electron chi connectivity index (χ0n) is 9.75. The number of hydrogen-bond acceptors (Lipinski definition) is 1. The van der Waals surface area contributed by atoms with Crippen LogP contribution >= 0.6 is 34.8 Å². The molecular formula is C14H12Cl3N. The van der Waals surface area contributed by atoms with Crippen LogP contribution in [0.3, 0.4) is 0 Å². The highest BCUT2D eigenvalue weighted by atomic mass is 35.5. The first-order valence-corrected chi connectivity index (χ1v) is 6.63. The Kier molecular flexibility index (Phi) is 4.52. The van der Waals surface area contributed by atoms with Crippen LogP contribution in [0.4, 0.5) is 0 Å². The van der Waals surface area contributed by atoms with Crippen LogP contribution in [0.1, 0.15) is 17.2 Å². The normalized spacial score (nSPS) is 12.4. The van der Waals surface area contributed by atoms with E-state index in [1.165, 1.54) is 0 Å². The second-order valence-corrected chi connectivity index (χ2v) is 5.16. The second-order valence-electron chi connectivity index (χ2n) is 3.91. The van der Waals surface area contributed by atoms with Crippen molar-refractivity contribution in [3.8, 4) is 0 Å². The van der Waals surface area contributed by atoms with Crippen molar-refractivity contribution in [3.05, 3.63) is 68.7 Å². The lowest BCUT2D eigenvalue weighted by Crippen LogP contribution is -2.18. The van der Waals surface area contributed by atoms with E-state index in [9.17, 15) is 0 Å². The Morgan fingerprint density at radius 1 is 0.889 bits per heavy atom. The lowest BCUT2D eigenvalue weighted by atomic mass is 9.99. The van der Waals surface area contributed by atoms with Crippen molar-refractivity contribution in [1.29, 1.82) is 0 Å². The summed E-state index contributed by atoms with van der Waals surface area (Å²) >= 11 is 18.5. The van der Waals surface area contributed by atoms with Crippen molar-refractivity contribution in [2.45, 2.75) is 6.04 Å². The average Bonchev–Trinajstić information content (AvgIpc) is 2.36. The molecule has 0 aliphatic carbocycles. The molecule has 0 fully saturated rings. The van der Waals surface area contributed by atoms with Gasteiger partial charge in [-0.1, -0.05) is 53.0 Å². The Hall–Kier alpha value is -0.730. The maximum atomic E-state index is 6.23. The standard InChI is InChI=1S/C14H12Cl3N/c1-18-14(10-4-2-3-5-12(10)16)11-8-9(15)6-7-13(11)17/h2-8,14,18H,1H3. The Bertz CT molecular complexity index is 554. The van der Waals surface area contributed by atoms with Crippen LogP contribution in [0.15, 0.2) is 42.5 Å². The molecule has 1 nitrogen and oxygen atoms in total. The van der Waals surface area contributed by atoms with Gasteiger partial charge < -0.3 is 5.32 Å². The molecule has 0 saturated heterocycles. The summed E-state index contributed by atoms with van der Waals surface area (Å²) in [5.74, 6) is 0. The Balaban J connectivity index is 2.52. The summed E-state index contributed by atoms with van der Waals surface area (Å²) in [5.41, 5.74) is 1.89. The smallest absolute Gasteiger partial charge is 0.0604 e. The Morgan fingerprint density at radius 2 is 1.56 bits per heavy atom. The minimum absolute atomic E-state index is 0.0788. The second kappa shape index (κ2) is 5.94. The molecule has 4 heteroatoms. The van der Waals surface area contributed by atoms with E-state index in [0.29, 0.717) is 15.1 Å². The van der Waals surface area contributed by atoms with Gasteiger partial charge in [-0.15, -0.1) is 0 Å². The molecule has 1 atom stereocenters. The maximum absolute atomic E-state index is 6.23. The summed E-state index contributed by atoms with van der Waals surface area (Å²) in [7, 11) is 1.87. The Morgan fingerprint density at radius 3 is 2.22 bits per heavy atom. The predicted octanol–water partition coefficient (Wildman–Crippen LogP) is 4.96. The molecule has 0 aliphatic heterocycles. The molecule has 94 valence electrons. The zero-order valence-corrected chi connectivity index (χ0v) is 12.0. The third kappa shape index (κ3) is 2.81. The van der Waals surface area contributed by atoms with Gasteiger partial charge in [0.05, 0.1) is 6.04 Å². The molecule has 2 rings (SSSR count). The number of benzene rings is 2. The van der Waals surface area contributed by atoms with Crippen molar-refractivity contribution >= 4 is 34.8 Å². The number of rotatable bonds is 3. The molecule has 1 unspecified atom stereocenters. The van der Waals surface area contributed by atoms with Crippen LogP contribution in [-0.4, -0.2) is 7.05 Å². The van der Waals surface area contributed by atoms with Crippen molar-refractivity contribution in [2.75, 3.05) is 7.05 Å². The average molecular weight is 301 g/mol. The van der Waals surface area contributed by atoms with E-state index < -0.39 is 0 Å². The van der Waals surface area contributed by atoms with E-state index in [1.807, 2.05) is 37.4 Å². The van der Waals surface area contributed by atoms with E-state index in [4.69, 9.17) is 34.8 Å². The molecule has 0 aliphatic rings. The molecule has 2 aromatic rings. The molecule has 0 radical (unpaired) electrons. The van der Waals surface area contributed by atoms with Gasteiger partial charge in [0.1, 0.15) is 0 Å². The van der Waals surface area contributed by atoms with Crippen molar-refractivity contribution in [1.82, 2.24) is 5.32 Å². The lowest BCUT2D eigenvalue weighted by molar-refractivity contribution is 0.692. The van der Waals surface area contributed by atoms with Gasteiger partial charge in [0.2, 0.25) is 0 Å². The number of nitrogens with one attached hydrogen (secondary N) is 1. The van der Waals surface area contributed by atoms with Gasteiger partial charge in [-0.2, -0.15) is 0 Å². The topological polar surface area (TPSA) is 12.0 Å². The van der Waals surface area contributed by atoms with Gasteiger partial charge >= 0.3 is 0 Å². The molecule has 0 bridgehead atoms. The fourth-order valence-electron chi connectivity index (χ4n) is 1.92. The molecule has 0 amide bonds. The van der Waals surface area contributed by atoms with Gasteiger partial charge in [-0.25, -0.2) is 0 Å². The summed E-state index contributed by atoms with van der Waals surface area (Å²) < 4.78 is 0. The van der Waals surface area contributed by atoms with Crippen LogP contribution in [0, 0.1) is 0 Å². The van der Waals surface area contributed by atoms with Crippen LogP contribution in [0.5, 0.6) is 0 Å². The van der Waals surface area contributed by atoms with Gasteiger partial charge in [-0.3, -0.25) is 0 Å². The fourth-order valence-corrected chi connectivity index (χ4v) is 2.58. The monoisotopic (exact) mass is 299 g/mol. The summed E-state index contributed by atoms with van der Waals surface area (Å²) in [4.78, 5) is 0. The summed E-state index contributed by atoms with van der Waals surface area (Å²) in [6.07, 6.45) is 0. The van der Waals surface area contributed by atoms with E-state index in [1.54, 1.807) is 12.1 Å². The third-order valence-corrected chi connectivity index (χ3v) is 3.70. The van der Waals surface area contributed by atoms with Gasteiger partial charge in [0, 0.05) is 15.1 Å². The van der Waals surface area contributed by atoms with Crippen LogP contribution in [0.2, 0.25) is 15.1 Å². The minimum Gasteiger partial charge on any atom is -0.309 e. The summed E-state index contributed by atoms with van der Waals surface area (Å²) in [6, 6.07) is 13.0. The first-order valence-electron chi connectivity index (χ1n) is 5.50. The SMILES string of the molecule is CNC(c1ccccc1Cl)c1cc(Cl)ccc1Cl. The van der Waals surface area contributed by atoms with Crippen molar-refractivity contribution in [2.24, 2.45) is 0 Å². The highest BCUT2D eigenvalue weighted by Gasteiger charge is 2.17. The summed E-state index contributed by atoms with van der Waals surface area (Å²) in [6.45, 7) is 0. The number of halogens is 3. The molecule has 0 aromatic heterocycles. The Labute approximate surface area is 122 Å². The molecule has 18 heavy (non-hydrogen) atoms. The van der Waals surface area contributed by atoms with E-state index in [0.717, 1.165) is 11.1 Å². The first-order chi connectivity index (χ1) is 8.63. The molecule has 2 aromatic carbocycles. The van der Waals surface area contributed by atoms with E-state index in [-0.39, 0.29) is 6.04 Å². The first kappa shape index (κ1) is 13.7. The lowest BCUT2D eigenvalue weighted by Gasteiger charge is -2.20.